The van der Waals surface area contributed by atoms with E-state index in [0.29, 0.717) is 6.42 Å². The monoisotopic (exact) mass is 304 g/mol. The van der Waals surface area contributed by atoms with Crippen LogP contribution in [0.5, 0.6) is 0 Å². The number of carbonyl (C=O) groups excluding carboxylic acids is 2. The molecule has 3 nitrogen and oxygen atoms in total. The molecule has 1 atom stereocenters. The third-order valence-electron chi connectivity index (χ3n) is 2.36. The number of halogens is 1. The van der Waals surface area contributed by atoms with Crippen molar-refractivity contribution in [3.05, 3.63) is 12.2 Å². The van der Waals surface area contributed by atoms with Crippen LogP contribution in [-0.2, 0) is 14.3 Å². The highest BCUT2D eigenvalue weighted by Gasteiger charge is 2.38. The first-order chi connectivity index (χ1) is 7.96. The highest BCUT2D eigenvalue weighted by Crippen LogP contribution is 2.23. The van der Waals surface area contributed by atoms with Crippen LogP contribution < -0.4 is 0 Å². The van der Waals surface area contributed by atoms with Crippen molar-refractivity contribution in [2.75, 3.05) is 6.61 Å². The summed E-state index contributed by atoms with van der Waals surface area (Å²) in [5.74, 6) is -0.630. The van der Waals surface area contributed by atoms with Crippen molar-refractivity contribution in [3.8, 4) is 0 Å². The lowest BCUT2D eigenvalue weighted by atomic mass is 10.0. The Bertz CT molecular complexity index is 282. The number of hydrogen-bond acceptors (Lipinski definition) is 3. The van der Waals surface area contributed by atoms with Gasteiger partial charge in [0.1, 0.15) is 0 Å². The molecule has 0 N–H and O–H groups in total. The molecule has 0 aromatic heterocycles. The topological polar surface area (TPSA) is 43.4 Å². The molecule has 0 heterocycles. The summed E-state index contributed by atoms with van der Waals surface area (Å²) in [6, 6.07) is 0. The Balaban J connectivity index is 4.11. The van der Waals surface area contributed by atoms with Gasteiger partial charge in [0.25, 0.3) is 0 Å². The summed E-state index contributed by atoms with van der Waals surface area (Å²) in [5.41, 5.74) is 0. The second-order valence-corrected chi connectivity index (χ2v) is 5.50. The zero-order valence-corrected chi connectivity index (χ0v) is 12.4. The van der Waals surface area contributed by atoms with Gasteiger partial charge in [-0.2, -0.15) is 0 Å². The van der Waals surface area contributed by atoms with E-state index in [-0.39, 0.29) is 12.4 Å². The summed E-state index contributed by atoms with van der Waals surface area (Å²) in [5, 5.41) is 0. The van der Waals surface area contributed by atoms with Crippen molar-refractivity contribution in [3.63, 3.8) is 0 Å². The summed E-state index contributed by atoms with van der Waals surface area (Å²) in [6.45, 7) is 5.63. The third kappa shape index (κ3) is 6.01. The molecule has 0 bridgehead atoms. The fourth-order valence-electron chi connectivity index (χ4n) is 1.28. The summed E-state index contributed by atoms with van der Waals surface area (Å²) in [7, 11) is 0. The van der Waals surface area contributed by atoms with Gasteiger partial charge >= 0.3 is 5.97 Å². The Kier molecular flexibility index (Phi) is 8.13. The molecule has 0 spiro atoms. The van der Waals surface area contributed by atoms with E-state index in [1.807, 2.05) is 0 Å². The van der Waals surface area contributed by atoms with Crippen LogP contribution in [0.3, 0.4) is 0 Å². The Morgan fingerprint density at radius 2 is 1.94 bits per heavy atom. The lowest BCUT2D eigenvalue weighted by molar-refractivity contribution is -0.148. The van der Waals surface area contributed by atoms with E-state index < -0.39 is 10.3 Å². The first-order valence-electron chi connectivity index (χ1n) is 6.01. The zero-order valence-electron chi connectivity index (χ0n) is 10.8. The molecule has 0 rings (SSSR count). The van der Waals surface area contributed by atoms with E-state index in [2.05, 4.69) is 35.0 Å². The predicted molar refractivity (Wildman–Crippen MR) is 72.3 cm³/mol. The molecule has 0 aromatic rings. The van der Waals surface area contributed by atoms with Gasteiger partial charge in [-0.15, -0.1) is 0 Å². The second kappa shape index (κ2) is 8.45. The summed E-state index contributed by atoms with van der Waals surface area (Å²) >= 11 is 3.15. The number of alkyl halides is 1. The van der Waals surface area contributed by atoms with Gasteiger partial charge in [0, 0.05) is 6.42 Å². The lowest BCUT2D eigenvalue weighted by Crippen LogP contribution is -2.39. The van der Waals surface area contributed by atoms with E-state index in [1.54, 1.807) is 13.8 Å². The molecule has 0 fully saturated rings. The van der Waals surface area contributed by atoms with Gasteiger partial charge in [-0.05, 0) is 33.1 Å². The van der Waals surface area contributed by atoms with Gasteiger partial charge in [-0.1, -0.05) is 35.0 Å². The van der Waals surface area contributed by atoms with Crippen molar-refractivity contribution < 1.29 is 14.3 Å². The van der Waals surface area contributed by atoms with Crippen molar-refractivity contribution in [2.45, 2.75) is 50.8 Å². The molecule has 0 amide bonds. The van der Waals surface area contributed by atoms with E-state index in [9.17, 15) is 9.59 Å². The summed E-state index contributed by atoms with van der Waals surface area (Å²) < 4.78 is 3.66. The fraction of sp³-hybridized carbons (Fsp3) is 0.692. The molecule has 0 aliphatic heterocycles. The second-order valence-electron chi connectivity index (χ2n) is 3.92. The van der Waals surface area contributed by atoms with Gasteiger partial charge in [0.2, 0.25) is 0 Å². The highest BCUT2D eigenvalue weighted by atomic mass is 79.9. The van der Waals surface area contributed by atoms with Crippen molar-refractivity contribution in [2.24, 2.45) is 0 Å². The molecule has 1 unspecified atom stereocenters. The van der Waals surface area contributed by atoms with Gasteiger partial charge in [-0.25, -0.2) is 0 Å². The highest BCUT2D eigenvalue weighted by molar-refractivity contribution is 9.10. The fourth-order valence-corrected chi connectivity index (χ4v) is 1.59. The standard InChI is InChI=1S/C13H21BrO3/c1-4-6-7-8-9-10-11(15)13(3,14)12(16)17-5-2/h6-7H,4-5,8-10H2,1-3H3/b7-6+. The van der Waals surface area contributed by atoms with Crippen LogP contribution in [0.1, 0.15) is 46.5 Å². The molecule has 0 aliphatic carbocycles. The normalized spacial score (nSPS) is 14.6. The number of hydrogen-bond donors (Lipinski definition) is 0. The average Bonchev–Trinajstić information content (AvgIpc) is 2.28. The maximum absolute atomic E-state index is 11.8. The lowest BCUT2D eigenvalue weighted by Gasteiger charge is -2.18. The number of carbonyl (C=O) groups is 2. The van der Waals surface area contributed by atoms with Crippen LogP contribution >= 0.6 is 15.9 Å². The third-order valence-corrected chi connectivity index (χ3v) is 3.13. The van der Waals surface area contributed by atoms with Gasteiger partial charge in [-0.3, -0.25) is 9.59 Å². The Labute approximate surface area is 112 Å². The molecule has 17 heavy (non-hydrogen) atoms. The van der Waals surface area contributed by atoms with Crippen LogP contribution in [0.2, 0.25) is 0 Å². The molecule has 4 heteroatoms. The summed E-state index contributed by atoms with van der Waals surface area (Å²) in [6.07, 6.45) is 7.15. The van der Waals surface area contributed by atoms with E-state index >= 15 is 0 Å². The SMILES string of the molecule is CC/C=C/CCCC(=O)C(C)(Br)C(=O)OCC. The number of Topliss-reactive ketones (excluding diaryl/α,β-unsaturated/α-hetero) is 1. The van der Waals surface area contributed by atoms with Crippen molar-refractivity contribution in [1.29, 1.82) is 0 Å². The Hall–Kier alpha value is -0.640. The maximum Gasteiger partial charge on any atom is 0.330 e. The molecule has 0 aliphatic rings. The van der Waals surface area contributed by atoms with Crippen LogP contribution in [0.25, 0.3) is 0 Å². The molecular weight excluding hydrogens is 284 g/mol. The van der Waals surface area contributed by atoms with Gasteiger partial charge in [0.15, 0.2) is 10.1 Å². The Morgan fingerprint density at radius 1 is 1.29 bits per heavy atom. The average molecular weight is 305 g/mol. The van der Waals surface area contributed by atoms with Gasteiger partial charge in [0.05, 0.1) is 6.61 Å². The number of ketones is 1. The van der Waals surface area contributed by atoms with Crippen LogP contribution in [-0.4, -0.2) is 22.7 Å². The molecular formula is C13H21BrO3. The number of unbranched alkanes of at least 4 members (excludes halogenated alkanes) is 1. The van der Waals surface area contributed by atoms with E-state index in [4.69, 9.17) is 4.74 Å². The minimum Gasteiger partial charge on any atom is -0.465 e. The number of rotatable bonds is 8. The number of esters is 1. The zero-order chi connectivity index (χ0) is 13.3. The largest absolute Gasteiger partial charge is 0.465 e. The van der Waals surface area contributed by atoms with Crippen molar-refractivity contribution in [1.82, 2.24) is 0 Å². The molecule has 98 valence electrons. The van der Waals surface area contributed by atoms with Crippen LogP contribution in [0.4, 0.5) is 0 Å². The Morgan fingerprint density at radius 3 is 2.47 bits per heavy atom. The first-order valence-corrected chi connectivity index (χ1v) is 6.80. The molecule has 0 radical (unpaired) electrons. The van der Waals surface area contributed by atoms with Crippen molar-refractivity contribution >= 4 is 27.7 Å². The van der Waals surface area contributed by atoms with E-state index in [0.717, 1.165) is 19.3 Å². The smallest absolute Gasteiger partial charge is 0.330 e. The van der Waals surface area contributed by atoms with E-state index in [1.165, 1.54) is 0 Å². The minimum atomic E-state index is -1.20. The number of ether oxygens (including phenoxy) is 1. The molecule has 0 saturated heterocycles. The maximum atomic E-state index is 11.8. The van der Waals surface area contributed by atoms with Gasteiger partial charge < -0.3 is 4.74 Å². The van der Waals surface area contributed by atoms with Crippen LogP contribution in [0, 0.1) is 0 Å². The van der Waals surface area contributed by atoms with Crippen LogP contribution in [0.15, 0.2) is 12.2 Å². The summed E-state index contributed by atoms with van der Waals surface area (Å²) in [4.78, 5) is 23.4. The predicted octanol–water partition coefficient (Wildman–Crippen LogP) is 3.41. The molecule has 0 saturated carbocycles. The first kappa shape index (κ1) is 16.4. The number of allylic oxidation sites excluding steroid dienone is 2. The quantitative estimate of drug-likeness (QED) is 0.227. The minimum absolute atomic E-state index is 0.124. The molecule has 0 aromatic carbocycles.